The van der Waals surface area contributed by atoms with Gasteiger partial charge in [-0.2, -0.15) is 26.3 Å². The molecule has 1 atom stereocenters. The smallest absolute Gasteiger partial charge is 0.431 e. The molecule has 0 amide bonds. The van der Waals surface area contributed by atoms with Crippen molar-refractivity contribution in [2.24, 2.45) is 0 Å². The maximum Gasteiger partial charge on any atom is 0.431 e. The second-order valence-electron chi connectivity index (χ2n) is 5.07. The van der Waals surface area contributed by atoms with Gasteiger partial charge in [0.25, 0.3) is 0 Å². The third-order valence-electron chi connectivity index (χ3n) is 3.42. The fraction of sp³-hybridized carbons (Fsp3) is 0.533. The third kappa shape index (κ3) is 4.62. The Morgan fingerprint density at radius 3 is 2.08 bits per heavy atom. The lowest BCUT2D eigenvalue weighted by molar-refractivity contribution is -0.348. The Balaban J connectivity index is 3.22. The van der Waals surface area contributed by atoms with Crippen LogP contribution in [0.5, 0.6) is 0 Å². The molecular weight excluding hydrogens is 361 g/mol. The molecule has 0 radical (unpaired) electrons. The average molecular weight is 376 g/mol. The summed E-state index contributed by atoms with van der Waals surface area (Å²) in [7, 11) is 0.842. The molecule has 142 valence electrons. The number of benzene rings is 1. The molecule has 0 aliphatic carbocycles. The van der Waals surface area contributed by atoms with Crippen molar-refractivity contribution in [2.75, 3.05) is 13.7 Å². The van der Waals surface area contributed by atoms with E-state index in [0.717, 1.165) is 19.2 Å². The van der Waals surface area contributed by atoms with Gasteiger partial charge in [0.1, 0.15) is 0 Å². The molecule has 3 nitrogen and oxygen atoms in total. The monoisotopic (exact) mass is 376 g/mol. The minimum Gasteiger partial charge on any atom is -0.462 e. The molecule has 1 unspecified atom stereocenters. The molecule has 0 heterocycles. The van der Waals surface area contributed by atoms with Crippen LogP contribution < -0.4 is 0 Å². The Hall–Kier alpha value is -1.84. The first-order valence-corrected chi connectivity index (χ1v) is 6.99. The summed E-state index contributed by atoms with van der Waals surface area (Å²) in [6.45, 7) is 1.54. The topological polar surface area (TPSA) is 35.5 Å². The zero-order valence-electron chi connectivity index (χ0n) is 13.2. The van der Waals surface area contributed by atoms with Crippen molar-refractivity contribution in [3.05, 3.63) is 35.4 Å². The Bertz CT molecular complexity index is 582. The number of alkyl halides is 7. The summed E-state index contributed by atoms with van der Waals surface area (Å²) in [4.78, 5) is 11.6. The lowest BCUT2D eigenvalue weighted by atomic mass is 9.92. The van der Waals surface area contributed by atoms with E-state index >= 15 is 0 Å². The van der Waals surface area contributed by atoms with Gasteiger partial charge < -0.3 is 9.47 Å². The lowest BCUT2D eigenvalue weighted by Crippen LogP contribution is -2.54. The van der Waals surface area contributed by atoms with Gasteiger partial charge in [0.05, 0.1) is 18.3 Å². The van der Waals surface area contributed by atoms with Crippen LogP contribution in [0.1, 0.15) is 35.4 Å². The lowest BCUT2D eigenvalue weighted by Gasteiger charge is -2.32. The van der Waals surface area contributed by atoms with Crippen LogP contribution in [0.25, 0.3) is 0 Å². The van der Waals surface area contributed by atoms with Gasteiger partial charge in [-0.15, -0.1) is 0 Å². The van der Waals surface area contributed by atoms with E-state index in [0.29, 0.717) is 0 Å². The molecular formula is C15H15F7O3. The van der Waals surface area contributed by atoms with Crippen LogP contribution in [-0.4, -0.2) is 37.7 Å². The van der Waals surface area contributed by atoms with Gasteiger partial charge in [-0.1, -0.05) is 12.1 Å². The quantitative estimate of drug-likeness (QED) is 0.530. The predicted octanol–water partition coefficient (Wildman–Crippen LogP) is 4.77. The van der Waals surface area contributed by atoms with Crippen molar-refractivity contribution in [1.82, 2.24) is 0 Å². The fourth-order valence-electron chi connectivity index (χ4n) is 2.07. The SMILES string of the molecule is CCOC(=O)c1cccc(C(CC(F)(C(F)(F)F)C(F)(F)F)OC)c1. The standard InChI is InChI=1S/C15H15F7O3/c1-3-25-12(23)10-6-4-5-9(7-10)11(24-2)8-13(16,14(17,18)19)15(20,21)22/h4-7,11H,3,8H2,1-2H3. The third-order valence-corrected chi connectivity index (χ3v) is 3.42. The molecule has 10 heteroatoms. The van der Waals surface area contributed by atoms with Crippen LogP contribution in [0.3, 0.4) is 0 Å². The van der Waals surface area contributed by atoms with Gasteiger partial charge in [-0.05, 0) is 24.6 Å². The molecule has 25 heavy (non-hydrogen) atoms. The number of esters is 1. The summed E-state index contributed by atoms with van der Waals surface area (Å²) in [5.74, 6) is -0.822. The molecule has 0 bridgehead atoms. The number of carbonyl (C=O) groups excluding carboxylic acids is 1. The van der Waals surface area contributed by atoms with E-state index in [1.165, 1.54) is 19.1 Å². The van der Waals surface area contributed by atoms with Crippen molar-refractivity contribution in [3.8, 4) is 0 Å². The molecule has 0 aliphatic rings. The zero-order chi connectivity index (χ0) is 19.5. The average Bonchev–Trinajstić information content (AvgIpc) is 2.50. The molecule has 1 aromatic carbocycles. The van der Waals surface area contributed by atoms with Crippen LogP contribution >= 0.6 is 0 Å². The van der Waals surface area contributed by atoms with Crippen LogP contribution in [0.4, 0.5) is 30.7 Å². The normalized spacial score (nSPS) is 14.3. The Labute approximate surface area is 138 Å². The van der Waals surface area contributed by atoms with Crippen molar-refractivity contribution in [2.45, 2.75) is 37.5 Å². The van der Waals surface area contributed by atoms with Gasteiger partial charge in [-0.25, -0.2) is 9.18 Å². The van der Waals surface area contributed by atoms with E-state index in [1.807, 2.05) is 0 Å². The van der Waals surface area contributed by atoms with E-state index in [2.05, 4.69) is 4.74 Å². The van der Waals surface area contributed by atoms with Crippen molar-refractivity contribution in [3.63, 3.8) is 0 Å². The van der Waals surface area contributed by atoms with Gasteiger partial charge in [0.15, 0.2) is 0 Å². The Morgan fingerprint density at radius 1 is 1.08 bits per heavy atom. The minimum absolute atomic E-state index is 0.0203. The van der Waals surface area contributed by atoms with Crippen molar-refractivity contribution in [1.29, 1.82) is 0 Å². The Kier molecular flexibility index (Phi) is 6.44. The van der Waals surface area contributed by atoms with Crippen LogP contribution in [0, 0.1) is 0 Å². The summed E-state index contributed by atoms with van der Waals surface area (Å²) in [5.41, 5.74) is -5.78. The molecule has 0 fully saturated rings. The molecule has 0 aromatic heterocycles. The predicted molar refractivity (Wildman–Crippen MR) is 72.7 cm³/mol. The molecule has 1 aromatic rings. The first-order valence-electron chi connectivity index (χ1n) is 6.99. The summed E-state index contributed by atoms with van der Waals surface area (Å²) >= 11 is 0. The number of halogens is 7. The fourth-order valence-corrected chi connectivity index (χ4v) is 2.07. The summed E-state index contributed by atoms with van der Waals surface area (Å²) in [6.07, 6.45) is -16.3. The van der Waals surface area contributed by atoms with E-state index in [-0.39, 0.29) is 17.7 Å². The molecule has 0 spiro atoms. The van der Waals surface area contributed by atoms with Gasteiger partial charge in [-0.3, -0.25) is 0 Å². The minimum atomic E-state index is -6.18. The zero-order valence-corrected chi connectivity index (χ0v) is 13.2. The highest BCUT2D eigenvalue weighted by atomic mass is 19.4. The van der Waals surface area contributed by atoms with E-state index in [9.17, 15) is 35.5 Å². The van der Waals surface area contributed by atoms with Crippen LogP contribution in [0.2, 0.25) is 0 Å². The van der Waals surface area contributed by atoms with E-state index in [4.69, 9.17) is 4.74 Å². The van der Waals surface area contributed by atoms with Crippen molar-refractivity contribution >= 4 is 5.97 Å². The number of carbonyl (C=O) groups is 1. The largest absolute Gasteiger partial charge is 0.462 e. The molecule has 0 aliphatic heterocycles. The first kappa shape index (κ1) is 21.2. The second kappa shape index (κ2) is 7.59. The van der Waals surface area contributed by atoms with Crippen molar-refractivity contribution < 1.29 is 45.0 Å². The highest BCUT2D eigenvalue weighted by Gasteiger charge is 2.72. The van der Waals surface area contributed by atoms with Crippen LogP contribution in [0.15, 0.2) is 24.3 Å². The highest BCUT2D eigenvalue weighted by Crippen LogP contribution is 2.51. The molecule has 0 saturated carbocycles. The summed E-state index contributed by atoms with van der Waals surface area (Å²) in [6, 6.07) is 4.60. The molecule has 0 saturated heterocycles. The number of methoxy groups -OCH3 is 1. The van der Waals surface area contributed by atoms with Gasteiger partial charge in [0.2, 0.25) is 0 Å². The number of hydrogen-bond donors (Lipinski definition) is 0. The van der Waals surface area contributed by atoms with E-state index < -0.39 is 36.5 Å². The van der Waals surface area contributed by atoms with Gasteiger partial charge >= 0.3 is 24.0 Å². The van der Waals surface area contributed by atoms with E-state index in [1.54, 1.807) is 0 Å². The molecule has 0 N–H and O–H groups in total. The highest BCUT2D eigenvalue weighted by molar-refractivity contribution is 5.89. The first-order chi connectivity index (χ1) is 11.4. The maximum absolute atomic E-state index is 13.9. The maximum atomic E-state index is 13.9. The number of rotatable bonds is 6. The van der Waals surface area contributed by atoms with Gasteiger partial charge in [0, 0.05) is 13.5 Å². The second-order valence-corrected chi connectivity index (χ2v) is 5.07. The Morgan fingerprint density at radius 2 is 1.64 bits per heavy atom. The number of ether oxygens (including phenoxy) is 2. The summed E-state index contributed by atoms with van der Waals surface area (Å²) < 4.78 is 99.4. The summed E-state index contributed by atoms with van der Waals surface area (Å²) in [5, 5.41) is 0. The molecule has 1 rings (SSSR count). The number of hydrogen-bond acceptors (Lipinski definition) is 3. The van der Waals surface area contributed by atoms with Crippen LogP contribution in [-0.2, 0) is 9.47 Å².